The summed E-state index contributed by atoms with van der Waals surface area (Å²) < 4.78 is 39.5. The maximum absolute atomic E-state index is 11.9. The first kappa shape index (κ1) is 24.1. The number of carbonyl (C=O) groups is 2. The third-order valence-corrected chi connectivity index (χ3v) is 4.06. The van der Waals surface area contributed by atoms with Crippen LogP contribution in [0.4, 0.5) is 0 Å². The number of hydrogen-bond acceptors (Lipinski definition) is 6. The second kappa shape index (κ2) is 9.87. The zero-order chi connectivity index (χ0) is 16.8. The van der Waals surface area contributed by atoms with E-state index in [4.69, 9.17) is 9.47 Å². The van der Waals surface area contributed by atoms with Crippen molar-refractivity contribution in [3.8, 4) is 0 Å². The summed E-state index contributed by atoms with van der Waals surface area (Å²) >= 11 is 0. The summed E-state index contributed by atoms with van der Waals surface area (Å²) in [5, 5.41) is 0. The Morgan fingerprint density at radius 2 is 1.45 bits per heavy atom. The molecular formula is C13H24NaO7S. The molecule has 0 amide bonds. The quantitative estimate of drug-likeness (QED) is 0.397. The maximum atomic E-state index is 11.9. The summed E-state index contributed by atoms with van der Waals surface area (Å²) in [4.78, 5) is 23.6. The summed E-state index contributed by atoms with van der Waals surface area (Å²) in [5.74, 6) is -1.99. The van der Waals surface area contributed by atoms with E-state index in [1.165, 1.54) is 0 Å². The molecule has 0 saturated heterocycles. The van der Waals surface area contributed by atoms with Crippen molar-refractivity contribution in [1.29, 1.82) is 0 Å². The van der Waals surface area contributed by atoms with Gasteiger partial charge in [-0.05, 0) is 18.8 Å². The van der Waals surface area contributed by atoms with Crippen LogP contribution in [0.25, 0.3) is 0 Å². The Balaban J connectivity index is 0. The van der Waals surface area contributed by atoms with Gasteiger partial charge in [-0.15, -0.1) is 0 Å². The molecule has 1 unspecified atom stereocenters. The summed E-state index contributed by atoms with van der Waals surface area (Å²) in [6.45, 7) is 8.20. The molecule has 1 radical (unpaired) electrons. The van der Waals surface area contributed by atoms with Crippen molar-refractivity contribution in [2.45, 2.75) is 45.8 Å². The van der Waals surface area contributed by atoms with E-state index in [0.29, 0.717) is 0 Å². The molecule has 0 fully saturated rings. The predicted molar refractivity (Wildman–Crippen MR) is 81.9 cm³/mol. The molecule has 22 heavy (non-hydrogen) atoms. The predicted octanol–water partition coefficient (Wildman–Crippen LogP) is 1.04. The van der Waals surface area contributed by atoms with Gasteiger partial charge in [-0.1, -0.05) is 27.7 Å². The molecule has 1 N–H and O–H groups in total. The van der Waals surface area contributed by atoms with Crippen LogP contribution in [0, 0.1) is 11.8 Å². The molecule has 0 saturated carbocycles. The van der Waals surface area contributed by atoms with Crippen molar-refractivity contribution in [2.75, 3.05) is 13.2 Å². The number of esters is 2. The fourth-order valence-corrected chi connectivity index (χ4v) is 1.82. The number of ether oxygens (including phenoxy) is 2. The van der Waals surface area contributed by atoms with E-state index >= 15 is 0 Å². The third kappa shape index (κ3) is 7.92. The molecule has 0 aromatic carbocycles. The Bertz CT molecular complexity index is 473. The number of hydrogen-bond donors (Lipinski definition) is 1. The van der Waals surface area contributed by atoms with E-state index in [0.717, 1.165) is 6.92 Å². The molecule has 0 rings (SSSR count). The van der Waals surface area contributed by atoms with Crippen LogP contribution in [0.2, 0.25) is 0 Å². The van der Waals surface area contributed by atoms with E-state index in [1.54, 1.807) is 13.8 Å². The van der Waals surface area contributed by atoms with Gasteiger partial charge < -0.3 is 9.47 Å². The molecule has 0 bridgehead atoms. The van der Waals surface area contributed by atoms with Crippen molar-refractivity contribution >= 4 is 51.6 Å². The number of rotatable bonds is 8. The van der Waals surface area contributed by atoms with Gasteiger partial charge in [0.1, 0.15) is 0 Å². The summed E-state index contributed by atoms with van der Waals surface area (Å²) in [5.41, 5.74) is 0. The van der Waals surface area contributed by atoms with Crippen molar-refractivity contribution < 1.29 is 32.0 Å². The van der Waals surface area contributed by atoms with E-state index in [2.05, 4.69) is 0 Å². The zero-order valence-corrected chi connectivity index (χ0v) is 16.9. The van der Waals surface area contributed by atoms with Crippen molar-refractivity contribution in [3.05, 3.63) is 0 Å². The molecular weight excluding hydrogens is 323 g/mol. The standard InChI is InChI=1S/C13H24O7S.Na/c1-9(2)7-19-11(14)6-13(5,21(16,17)18)12(15)20-8-10(3)4;/h9-10H,6-8H2,1-5H3,(H,16,17,18);. The minimum Gasteiger partial charge on any atom is -0.465 e. The van der Waals surface area contributed by atoms with Crippen LogP contribution >= 0.6 is 0 Å². The van der Waals surface area contributed by atoms with E-state index in [1.807, 2.05) is 13.8 Å². The van der Waals surface area contributed by atoms with Crippen molar-refractivity contribution in [2.24, 2.45) is 11.8 Å². The topological polar surface area (TPSA) is 107 Å². The smallest absolute Gasteiger partial charge is 0.330 e. The van der Waals surface area contributed by atoms with Gasteiger partial charge in [0, 0.05) is 29.6 Å². The average molecular weight is 347 g/mol. The van der Waals surface area contributed by atoms with Crippen LogP contribution in [0.3, 0.4) is 0 Å². The van der Waals surface area contributed by atoms with Crippen LogP contribution in [-0.4, -0.2) is 72.4 Å². The maximum Gasteiger partial charge on any atom is 0.330 e. The normalized spacial score (nSPS) is 14.2. The Morgan fingerprint density at radius 3 is 1.82 bits per heavy atom. The molecule has 1 atom stereocenters. The molecule has 0 aromatic heterocycles. The van der Waals surface area contributed by atoms with Gasteiger partial charge in [0.05, 0.1) is 19.6 Å². The molecule has 7 nitrogen and oxygen atoms in total. The Hall–Kier alpha value is -0.150. The fraction of sp³-hybridized carbons (Fsp3) is 0.846. The third-order valence-electron chi connectivity index (χ3n) is 2.61. The van der Waals surface area contributed by atoms with Gasteiger partial charge in [-0.25, -0.2) is 0 Å². The molecule has 9 heteroatoms. The second-order valence-corrected chi connectivity index (χ2v) is 7.80. The number of carbonyl (C=O) groups excluding carboxylic acids is 2. The first-order chi connectivity index (χ1) is 9.40. The minimum absolute atomic E-state index is 0. The SMILES string of the molecule is CC(C)COC(=O)CC(C)(C(=O)OCC(C)C)S(=O)(=O)O.[Na]. The molecule has 0 aromatic rings. The summed E-state index contributed by atoms with van der Waals surface area (Å²) in [6, 6.07) is 0. The van der Waals surface area contributed by atoms with Gasteiger partial charge in [-0.2, -0.15) is 8.42 Å². The summed E-state index contributed by atoms with van der Waals surface area (Å²) in [7, 11) is -4.82. The monoisotopic (exact) mass is 347 g/mol. The fourth-order valence-electron chi connectivity index (χ4n) is 1.25. The Labute approximate surface area is 154 Å². The van der Waals surface area contributed by atoms with Crippen LogP contribution in [-0.2, 0) is 29.2 Å². The van der Waals surface area contributed by atoms with Gasteiger partial charge >= 0.3 is 11.9 Å². The molecule has 125 valence electrons. The molecule has 0 spiro atoms. The average Bonchev–Trinajstić information content (AvgIpc) is 2.31. The van der Waals surface area contributed by atoms with Crippen molar-refractivity contribution in [3.63, 3.8) is 0 Å². The molecule has 0 aliphatic heterocycles. The largest absolute Gasteiger partial charge is 0.465 e. The zero-order valence-electron chi connectivity index (χ0n) is 14.1. The van der Waals surface area contributed by atoms with E-state index in [9.17, 15) is 22.6 Å². The van der Waals surface area contributed by atoms with Gasteiger partial charge in [-0.3, -0.25) is 14.1 Å². The van der Waals surface area contributed by atoms with Gasteiger partial charge in [0.2, 0.25) is 4.75 Å². The Morgan fingerprint density at radius 1 is 1.05 bits per heavy atom. The van der Waals surface area contributed by atoms with Crippen LogP contribution in [0.1, 0.15) is 41.0 Å². The molecule has 0 aliphatic carbocycles. The summed E-state index contributed by atoms with van der Waals surface area (Å²) in [6.07, 6.45) is -0.796. The van der Waals surface area contributed by atoms with Crippen molar-refractivity contribution in [1.82, 2.24) is 0 Å². The molecule has 0 aliphatic rings. The van der Waals surface area contributed by atoms with Crippen LogP contribution in [0.5, 0.6) is 0 Å². The van der Waals surface area contributed by atoms with Crippen LogP contribution < -0.4 is 0 Å². The Kier molecular flexibility index (Phi) is 10.8. The van der Waals surface area contributed by atoms with E-state index < -0.39 is 33.2 Å². The first-order valence-electron chi connectivity index (χ1n) is 6.70. The van der Waals surface area contributed by atoms with Gasteiger partial charge in [0.25, 0.3) is 10.1 Å². The first-order valence-corrected chi connectivity index (χ1v) is 8.14. The minimum atomic E-state index is -4.82. The second-order valence-electron chi connectivity index (χ2n) is 5.95. The molecule has 0 heterocycles. The van der Waals surface area contributed by atoms with Crippen LogP contribution in [0.15, 0.2) is 0 Å². The van der Waals surface area contributed by atoms with Gasteiger partial charge in [0.15, 0.2) is 0 Å². The van der Waals surface area contributed by atoms with E-state index in [-0.39, 0.29) is 54.6 Å².